The summed E-state index contributed by atoms with van der Waals surface area (Å²) in [6, 6.07) is 5.20. The Bertz CT molecular complexity index is 646. The number of carboxylic acid groups (broad SMARTS) is 1. The molecule has 0 saturated carbocycles. The molecule has 7 heteroatoms. The van der Waals surface area contributed by atoms with Gasteiger partial charge >= 0.3 is 5.97 Å². The molecule has 1 heterocycles. The second kappa shape index (κ2) is 7.24. The molecular formula is C15H17NO5S. The monoisotopic (exact) mass is 323 g/mol. The van der Waals surface area contributed by atoms with Crippen LogP contribution in [0.25, 0.3) is 11.3 Å². The summed E-state index contributed by atoms with van der Waals surface area (Å²) in [6.07, 6.45) is 0.572. The van der Waals surface area contributed by atoms with Gasteiger partial charge in [-0.2, -0.15) is 0 Å². The van der Waals surface area contributed by atoms with Crippen molar-refractivity contribution in [2.45, 2.75) is 6.42 Å². The second-order valence-electron chi connectivity index (χ2n) is 4.43. The molecule has 118 valence electrons. The number of thiazole rings is 1. The zero-order chi connectivity index (χ0) is 16.1. The number of carboxylic acids is 1. The van der Waals surface area contributed by atoms with Crippen LogP contribution in [0.15, 0.2) is 18.2 Å². The number of hydrogen-bond donors (Lipinski definition) is 1. The first kappa shape index (κ1) is 16.3. The smallest absolute Gasteiger partial charge is 0.348 e. The Hall–Kier alpha value is -2.12. The quantitative estimate of drug-likeness (QED) is 0.844. The number of benzene rings is 1. The fraction of sp³-hybridized carbons (Fsp3) is 0.333. The van der Waals surface area contributed by atoms with Crippen LogP contribution in [0.3, 0.4) is 0 Å². The maximum absolute atomic E-state index is 11.5. The van der Waals surface area contributed by atoms with Gasteiger partial charge in [0.1, 0.15) is 16.4 Å². The first-order valence-corrected chi connectivity index (χ1v) is 7.36. The van der Waals surface area contributed by atoms with Crippen molar-refractivity contribution < 1.29 is 24.1 Å². The molecule has 0 unspecified atom stereocenters. The molecule has 6 nitrogen and oxygen atoms in total. The van der Waals surface area contributed by atoms with Gasteiger partial charge in [-0.1, -0.05) is 0 Å². The third kappa shape index (κ3) is 3.55. The Labute approximate surface area is 132 Å². The minimum absolute atomic E-state index is 0.196. The zero-order valence-corrected chi connectivity index (χ0v) is 13.4. The van der Waals surface area contributed by atoms with Crippen molar-refractivity contribution in [3.8, 4) is 22.8 Å². The molecule has 0 atom stereocenters. The summed E-state index contributed by atoms with van der Waals surface area (Å²) in [5.41, 5.74) is 1.06. The number of methoxy groups -OCH3 is 3. The van der Waals surface area contributed by atoms with Crippen molar-refractivity contribution in [1.82, 2.24) is 4.98 Å². The van der Waals surface area contributed by atoms with Crippen molar-refractivity contribution in [2.75, 3.05) is 27.9 Å². The molecule has 2 rings (SSSR count). The van der Waals surface area contributed by atoms with E-state index in [2.05, 4.69) is 4.98 Å². The van der Waals surface area contributed by atoms with Crippen LogP contribution >= 0.6 is 11.3 Å². The Balaban J connectivity index is 2.50. The molecule has 22 heavy (non-hydrogen) atoms. The van der Waals surface area contributed by atoms with E-state index in [1.807, 2.05) is 0 Å². The lowest BCUT2D eigenvalue weighted by Crippen LogP contribution is -1.96. The van der Waals surface area contributed by atoms with E-state index in [-0.39, 0.29) is 4.88 Å². The topological polar surface area (TPSA) is 77.9 Å². The molecule has 2 aromatic rings. The van der Waals surface area contributed by atoms with Gasteiger partial charge in [0.15, 0.2) is 0 Å². The highest BCUT2D eigenvalue weighted by Crippen LogP contribution is 2.34. The van der Waals surface area contributed by atoms with Crippen molar-refractivity contribution >= 4 is 17.3 Å². The van der Waals surface area contributed by atoms with E-state index < -0.39 is 5.97 Å². The predicted octanol–water partition coefficient (Wildman–Crippen LogP) is 2.71. The van der Waals surface area contributed by atoms with E-state index in [1.165, 1.54) is 0 Å². The number of hydrogen-bond acceptors (Lipinski definition) is 6. The molecule has 0 bridgehead atoms. The maximum atomic E-state index is 11.5. The van der Waals surface area contributed by atoms with Gasteiger partial charge in [0.05, 0.1) is 31.5 Å². The minimum atomic E-state index is -1.00. The molecule has 0 radical (unpaired) electrons. The number of ether oxygens (including phenoxy) is 3. The predicted molar refractivity (Wildman–Crippen MR) is 83.2 cm³/mol. The van der Waals surface area contributed by atoms with E-state index in [0.29, 0.717) is 35.8 Å². The van der Waals surface area contributed by atoms with Gasteiger partial charge in [-0.3, -0.25) is 0 Å². The highest BCUT2D eigenvalue weighted by Gasteiger charge is 2.20. The SMILES string of the molecule is COCCc1nc(-c2cc(OC)cc(OC)c2)c(C(=O)O)s1. The van der Waals surface area contributed by atoms with Gasteiger partial charge in [0.2, 0.25) is 0 Å². The average Bonchev–Trinajstić information content (AvgIpc) is 2.96. The summed E-state index contributed by atoms with van der Waals surface area (Å²) in [4.78, 5) is 16.1. The first-order chi connectivity index (χ1) is 10.6. The van der Waals surface area contributed by atoms with Crippen LogP contribution in [-0.4, -0.2) is 44.0 Å². The van der Waals surface area contributed by atoms with E-state index in [0.717, 1.165) is 16.3 Å². The second-order valence-corrected chi connectivity index (χ2v) is 5.52. The molecular weight excluding hydrogens is 306 g/mol. The fourth-order valence-corrected chi connectivity index (χ4v) is 2.85. The molecule has 0 saturated heterocycles. The van der Waals surface area contributed by atoms with Crippen molar-refractivity contribution in [3.05, 3.63) is 28.1 Å². The molecule has 0 spiro atoms. The molecule has 1 aromatic carbocycles. The number of carbonyl (C=O) groups is 1. The van der Waals surface area contributed by atoms with Gasteiger partial charge in [0.25, 0.3) is 0 Å². The molecule has 1 aromatic heterocycles. The number of aromatic nitrogens is 1. The highest BCUT2D eigenvalue weighted by atomic mass is 32.1. The Morgan fingerprint density at radius 1 is 1.18 bits per heavy atom. The average molecular weight is 323 g/mol. The van der Waals surface area contributed by atoms with Crippen LogP contribution in [-0.2, 0) is 11.2 Å². The van der Waals surface area contributed by atoms with Crippen molar-refractivity contribution in [2.24, 2.45) is 0 Å². The summed E-state index contributed by atoms with van der Waals surface area (Å²) < 4.78 is 15.5. The van der Waals surface area contributed by atoms with Gasteiger partial charge in [-0.05, 0) is 12.1 Å². The number of aromatic carboxylic acids is 1. The molecule has 0 aliphatic carbocycles. The standard InChI is InChI=1S/C15H17NO5S/c1-19-5-4-12-16-13(14(22-12)15(17)18)9-6-10(20-2)8-11(7-9)21-3/h6-8H,4-5H2,1-3H3,(H,17,18). The lowest BCUT2D eigenvalue weighted by molar-refractivity contribution is 0.0702. The third-order valence-corrected chi connectivity index (χ3v) is 4.11. The Kier molecular flexibility index (Phi) is 5.35. The van der Waals surface area contributed by atoms with E-state index in [1.54, 1.807) is 39.5 Å². The van der Waals surface area contributed by atoms with E-state index in [9.17, 15) is 9.90 Å². The lowest BCUT2D eigenvalue weighted by Gasteiger charge is -2.07. The van der Waals surface area contributed by atoms with Crippen molar-refractivity contribution in [1.29, 1.82) is 0 Å². The summed E-state index contributed by atoms with van der Waals surface area (Å²) in [7, 11) is 4.68. The maximum Gasteiger partial charge on any atom is 0.348 e. The molecule has 0 aliphatic rings. The van der Waals surface area contributed by atoms with Crippen LogP contribution < -0.4 is 9.47 Å². The fourth-order valence-electron chi connectivity index (χ4n) is 1.95. The summed E-state index contributed by atoms with van der Waals surface area (Å²) in [6.45, 7) is 0.493. The molecule has 0 aliphatic heterocycles. The Morgan fingerprint density at radius 2 is 1.82 bits per heavy atom. The minimum Gasteiger partial charge on any atom is -0.497 e. The third-order valence-electron chi connectivity index (χ3n) is 3.01. The van der Waals surface area contributed by atoms with Gasteiger partial charge < -0.3 is 19.3 Å². The number of rotatable bonds is 7. The normalized spacial score (nSPS) is 10.5. The van der Waals surface area contributed by atoms with E-state index in [4.69, 9.17) is 14.2 Å². The van der Waals surface area contributed by atoms with Crippen LogP contribution in [0, 0.1) is 0 Å². The zero-order valence-electron chi connectivity index (χ0n) is 12.6. The van der Waals surface area contributed by atoms with Crippen LogP contribution in [0.4, 0.5) is 0 Å². The summed E-state index contributed by atoms with van der Waals surface area (Å²) >= 11 is 1.16. The summed E-state index contributed by atoms with van der Waals surface area (Å²) in [5.74, 6) is 0.159. The van der Waals surface area contributed by atoms with Gasteiger partial charge in [-0.25, -0.2) is 9.78 Å². The molecule has 0 fully saturated rings. The Morgan fingerprint density at radius 3 is 2.32 bits per heavy atom. The largest absolute Gasteiger partial charge is 0.497 e. The summed E-state index contributed by atoms with van der Waals surface area (Å²) in [5, 5.41) is 10.1. The van der Waals surface area contributed by atoms with Crippen LogP contribution in [0.2, 0.25) is 0 Å². The van der Waals surface area contributed by atoms with Gasteiger partial charge in [0, 0.05) is 25.2 Å². The lowest BCUT2D eigenvalue weighted by atomic mass is 10.1. The van der Waals surface area contributed by atoms with Crippen LogP contribution in [0.5, 0.6) is 11.5 Å². The van der Waals surface area contributed by atoms with E-state index >= 15 is 0 Å². The molecule has 1 N–H and O–H groups in total. The van der Waals surface area contributed by atoms with Crippen LogP contribution in [0.1, 0.15) is 14.7 Å². The first-order valence-electron chi connectivity index (χ1n) is 6.54. The van der Waals surface area contributed by atoms with Crippen molar-refractivity contribution in [3.63, 3.8) is 0 Å². The molecule has 0 amide bonds. The highest BCUT2D eigenvalue weighted by molar-refractivity contribution is 7.14. The number of nitrogens with zero attached hydrogens (tertiary/aromatic N) is 1. The van der Waals surface area contributed by atoms with Gasteiger partial charge in [-0.15, -0.1) is 11.3 Å².